The van der Waals surface area contributed by atoms with Crippen molar-refractivity contribution in [2.45, 2.75) is 51.0 Å². The van der Waals surface area contributed by atoms with E-state index in [2.05, 4.69) is 0 Å². The molecule has 0 aromatic heterocycles. The van der Waals surface area contributed by atoms with Crippen molar-refractivity contribution < 1.29 is 19.0 Å². The molecule has 3 rings (SSSR count). The number of ether oxygens (including phenoxy) is 1. The molecule has 1 aliphatic carbocycles. The van der Waals surface area contributed by atoms with Gasteiger partial charge in [0.15, 0.2) is 0 Å². The lowest BCUT2D eigenvalue weighted by molar-refractivity contribution is 0.0103. The summed E-state index contributed by atoms with van der Waals surface area (Å²) < 4.78 is 18.7. The van der Waals surface area contributed by atoms with Gasteiger partial charge in [-0.1, -0.05) is 0 Å². The molecule has 4 atom stereocenters. The first kappa shape index (κ1) is 11.6. The first-order chi connectivity index (χ1) is 7.35. The summed E-state index contributed by atoms with van der Waals surface area (Å²) in [6, 6.07) is -0.799. The van der Waals surface area contributed by atoms with Gasteiger partial charge in [0.25, 0.3) is 0 Å². The summed E-state index contributed by atoms with van der Waals surface area (Å²) in [6.45, 7) is 5.12. The van der Waals surface area contributed by atoms with Crippen molar-refractivity contribution in [3.05, 3.63) is 0 Å². The first-order valence-electron chi connectivity index (χ1n) is 5.61. The maximum Gasteiger partial charge on any atom is 0.410 e. The number of aliphatic hydroxyl groups excluding tert-OH is 1. The van der Waals surface area contributed by atoms with Crippen LogP contribution in [-0.4, -0.2) is 46.6 Å². The molecule has 92 valence electrons. The summed E-state index contributed by atoms with van der Waals surface area (Å²) >= 11 is 0. The van der Waals surface area contributed by atoms with E-state index in [4.69, 9.17) is 4.74 Å². The van der Waals surface area contributed by atoms with Gasteiger partial charge in [-0.2, -0.15) is 0 Å². The van der Waals surface area contributed by atoms with E-state index < -0.39 is 29.9 Å². The van der Waals surface area contributed by atoms with Crippen LogP contribution in [0.3, 0.4) is 0 Å². The van der Waals surface area contributed by atoms with Crippen molar-refractivity contribution in [1.29, 1.82) is 0 Å². The Labute approximate surface area is 94.4 Å². The molecule has 0 unspecified atom stereocenters. The minimum atomic E-state index is -0.996. The summed E-state index contributed by atoms with van der Waals surface area (Å²) in [5, 5.41) is 9.18. The second kappa shape index (κ2) is 3.58. The Morgan fingerprint density at radius 2 is 2.19 bits per heavy atom. The molecule has 1 N–H and O–H groups in total. The van der Waals surface area contributed by atoms with E-state index >= 15 is 0 Å². The zero-order valence-corrected chi connectivity index (χ0v) is 9.81. The van der Waals surface area contributed by atoms with E-state index in [1.54, 1.807) is 20.8 Å². The van der Waals surface area contributed by atoms with Gasteiger partial charge in [-0.3, -0.25) is 4.90 Å². The van der Waals surface area contributed by atoms with Crippen LogP contribution in [0.5, 0.6) is 0 Å². The van der Waals surface area contributed by atoms with E-state index in [9.17, 15) is 14.3 Å². The van der Waals surface area contributed by atoms with E-state index in [0.717, 1.165) is 0 Å². The number of carbonyl (C=O) groups excluding carboxylic acids is 1. The fourth-order valence-electron chi connectivity index (χ4n) is 2.53. The highest BCUT2D eigenvalue weighted by Gasteiger charge is 2.61. The SMILES string of the molecule is CC(C)(C)OC(=O)N1[C@@H]2C[C@@H]([C@H]2F)[C@H]1CO. The maximum absolute atomic E-state index is 13.5. The van der Waals surface area contributed by atoms with Crippen LogP contribution in [0.4, 0.5) is 9.18 Å². The zero-order chi connectivity index (χ0) is 12.1. The number of aliphatic hydroxyl groups is 1. The number of carbonyl (C=O) groups is 1. The number of alkyl halides is 1. The predicted molar refractivity (Wildman–Crippen MR) is 55.7 cm³/mol. The van der Waals surface area contributed by atoms with Gasteiger partial charge >= 0.3 is 6.09 Å². The Morgan fingerprint density at radius 1 is 1.56 bits per heavy atom. The highest BCUT2D eigenvalue weighted by atomic mass is 19.1. The minimum Gasteiger partial charge on any atom is -0.444 e. The highest BCUT2D eigenvalue weighted by molar-refractivity contribution is 5.70. The molecule has 0 radical (unpaired) electrons. The molecule has 0 aromatic rings. The van der Waals surface area contributed by atoms with Crippen LogP contribution >= 0.6 is 0 Å². The van der Waals surface area contributed by atoms with Crippen molar-refractivity contribution in [1.82, 2.24) is 4.90 Å². The van der Waals surface area contributed by atoms with Gasteiger partial charge in [-0.05, 0) is 27.2 Å². The Hall–Kier alpha value is -0.840. The second-order valence-electron chi connectivity index (χ2n) is 5.55. The van der Waals surface area contributed by atoms with Crippen molar-refractivity contribution in [3.8, 4) is 0 Å². The smallest absolute Gasteiger partial charge is 0.410 e. The molecule has 3 aliphatic rings. The lowest BCUT2D eigenvalue weighted by Gasteiger charge is -2.31. The standard InChI is InChI=1S/C11H18FNO3/c1-11(2,3)16-10(15)13-7-4-6(9(7)12)8(13)5-14/h6-9,14H,4-5H2,1-3H3/t6-,7-,8-,9-/m1/s1. The summed E-state index contributed by atoms with van der Waals surface area (Å²) in [6.07, 6.45) is -0.866. The molecule has 5 heteroatoms. The van der Waals surface area contributed by atoms with Crippen LogP contribution in [0.2, 0.25) is 0 Å². The van der Waals surface area contributed by atoms with Crippen LogP contribution < -0.4 is 0 Å². The molecule has 16 heavy (non-hydrogen) atoms. The topological polar surface area (TPSA) is 49.8 Å². The van der Waals surface area contributed by atoms with Crippen molar-refractivity contribution in [2.75, 3.05) is 6.61 Å². The normalized spacial score (nSPS) is 37.2. The fraction of sp³-hybridized carbons (Fsp3) is 0.909. The molecule has 3 fully saturated rings. The molecular weight excluding hydrogens is 213 g/mol. The van der Waals surface area contributed by atoms with Crippen molar-refractivity contribution in [3.63, 3.8) is 0 Å². The van der Waals surface area contributed by atoms with Gasteiger partial charge in [0.2, 0.25) is 0 Å². The number of amides is 1. The molecule has 0 spiro atoms. The van der Waals surface area contributed by atoms with Crippen LogP contribution in [0, 0.1) is 5.92 Å². The summed E-state index contributed by atoms with van der Waals surface area (Å²) in [5.74, 6) is -0.206. The minimum absolute atomic E-state index is 0.194. The Morgan fingerprint density at radius 3 is 2.62 bits per heavy atom. The molecule has 1 amide bonds. The maximum atomic E-state index is 13.5. The third kappa shape index (κ3) is 1.67. The molecule has 2 saturated heterocycles. The average molecular weight is 231 g/mol. The van der Waals surface area contributed by atoms with Crippen molar-refractivity contribution in [2.24, 2.45) is 5.92 Å². The van der Waals surface area contributed by atoms with E-state index in [-0.39, 0.29) is 12.5 Å². The third-order valence-corrected chi connectivity index (χ3v) is 3.29. The van der Waals surface area contributed by atoms with Gasteiger partial charge in [-0.25, -0.2) is 9.18 Å². The summed E-state index contributed by atoms with van der Waals surface area (Å²) in [7, 11) is 0. The van der Waals surface area contributed by atoms with E-state index in [1.807, 2.05) is 0 Å². The lowest BCUT2D eigenvalue weighted by atomic mass is 9.81. The molecule has 0 aromatic carbocycles. The van der Waals surface area contributed by atoms with E-state index in [0.29, 0.717) is 6.42 Å². The molecule has 2 bridgehead atoms. The Bertz CT molecular complexity index is 302. The van der Waals surface area contributed by atoms with Gasteiger partial charge in [-0.15, -0.1) is 0 Å². The Kier molecular flexibility index (Phi) is 2.61. The number of fused-ring (bicyclic) bond motifs is 1. The average Bonchev–Trinajstić information content (AvgIpc) is 2.65. The van der Waals surface area contributed by atoms with Gasteiger partial charge < -0.3 is 9.84 Å². The largest absolute Gasteiger partial charge is 0.444 e. The molecule has 4 nitrogen and oxygen atoms in total. The molecule has 1 saturated carbocycles. The number of halogens is 1. The van der Waals surface area contributed by atoms with E-state index in [1.165, 1.54) is 4.90 Å². The van der Waals surface area contributed by atoms with Gasteiger partial charge in [0.1, 0.15) is 11.8 Å². The third-order valence-electron chi connectivity index (χ3n) is 3.29. The first-order valence-corrected chi connectivity index (χ1v) is 5.61. The molecule has 2 aliphatic heterocycles. The quantitative estimate of drug-likeness (QED) is 0.740. The number of hydrogen-bond donors (Lipinski definition) is 1. The van der Waals surface area contributed by atoms with Crippen LogP contribution in [0.25, 0.3) is 0 Å². The fourth-order valence-corrected chi connectivity index (χ4v) is 2.53. The number of hydrogen-bond acceptors (Lipinski definition) is 3. The van der Waals surface area contributed by atoms with Crippen LogP contribution in [0.15, 0.2) is 0 Å². The second-order valence-corrected chi connectivity index (χ2v) is 5.55. The van der Waals surface area contributed by atoms with Crippen LogP contribution in [0.1, 0.15) is 27.2 Å². The Balaban J connectivity index is 2.07. The van der Waals surface area contributed by atoms with Crippen molar-refractivity contribution >= 4 is 6.09 Å². The number of nitrogens with zero attached hydrogens (tertiary/aromatic N) is 1. The zero-order valence-electron chi connectivity index (χ0n) is 9.81. The van der Waals surface area contributed by atoms with Crippen LogP contribution in [-0.2, 0) is 4.74 Å². The molecular formula is C11H18FNO3. The highest BCUT2D eigenvalue weighted by Crippen LogP contribution is 2.48. The predicted octanol–water partition coefficient (Wildman–Crippen LogP) is 1.32. The number of rotatable bonds is 1. The summed E-state index contributed by atoms with van der Waals surface area (Å²) in [4.78, 5) is 13.2. The lowest BCUT2D eigenvalue weighted by Crippen LogP contribution is -2.45. The van der Waals surface area contributed by atoms with Gasteiger partial charge in [0, 0.05) is 5.92 Å². The summed E-state index contributed by atoms with van der Waals surface area (Å²) in [5.41, 5.74) is -0.587. The monoisotopic (exact) mass is 231 g/mol. The van der Waals surface area contributed by atoms with Gasteiger partial charge in [0.05, 0.1) is 18.7 Å². The molecule has 2 heterocycles.